The molecule has 5 nitrogen and oxygen atoms in total. The van der Waals surface area contributed by atoms with Gasteiger partial charge in [-0.3, -0.25) is 10.1 Å². The summed E-state index contributed by atoms with van der Waals surface area (Å²) in [5, 5.41) is 11.8. The molecule has 1 saturated heterocycles. The standard InChI is InChI=1S/C16H13Cl2NO4/c17-12-4-1-11(14(18)8-12)7-16-22-9-15(23-16)10-2-5-13(6-3-10)19(20)21/h1-6,8,15-16H,7,9H2. The van der Waals surface area contributed by atoms with E-state index < -0.39 is 11.2 Å². The van der Waals surface area contributed by atoms with Crippen molar-refractivity contribution in [1.82, 2.24) is 0 Å². The SMILES string of the molecule is O=[N+]([O-])c1ccc(C2COC(Cc3ccc(Cl)cc3Cl)O2)cc1. The van der Waals surface area contributed by atoms with E-state index in [0.29, 0.717) is 23.1 Å². The first-order valence-corrected chi connectivity index (χ1v) is 7.74. The van der Waals surface area contributed by atoms with Gasteiger partial charge < -0.3 is 9.47 Å². The summed E-state index contributed by atoms with van der Waals surface area (Å²) in [6, 6.07) is 11.6. The van der Waals surface area contributed by atoms with Crippen molar-refractivity contribution in [1.29, 1.82) is 0 Å². The molecule has 0 N–H and O–H groups in total. The monoisotopic (exact) mass is 353 g/mol. The fourth-order valence-electron chi connectivity index (χ4n) is 2.42. The van der Waals surface area contributed by atoms with Crippen molar-refractivity contribution >= 4 is 28.9 Å². The van der Waals surface area contributed by atoms with E-state index in [-0.39, 0.29) is 11.8 Å². The van der Waals surface area contributed by atoms with Gasteiger partial charge >= 0.3 is 0 Å². The van der Waals surface area contributed by atoms with Crippen LogP contribution in [-0.2, 0) is 15.9 Å². The maximum absolute atomic E-state index is 10.7. The van der Waals surface area contributed by atoms with Gasteiger partial charge in [-0.2, -0.15) is 0 Å². The molecule has 0 aliphatic carbocycles. The Bertz CT molecular complexity index is 721. The Morgan fingerprint density at radius 2 is 1.91 bits per heavy atom. The van der Waals surface area contributed by atoms with Crippen LogP contribution >= 0.6 is 23.2 Å². The minimum atomic E-state index is -0.429. The molecule has 0 radical (unpaired) electrons. The van der Waals surface area contributed by atoms with E-state index in [1.54, 1.807) is 24.3 Å². The Labute approximate surface area is 142 Å². The topological polar surface area (TPSA) is 61.6 Å². The molecule has 23 heavy (non-hydrogen) atoms. The second kappa shape index (κ2) is 6.84. The number of nitro groups is 1. The van der Waals surface area contributed by atoms with Crippen LogP contribution in [0.5, 0.6) is 0 Å². The van der Waals surface area contributed by atoms with Gasteiger partial charge in [-0.25, -0.2) is 0 Å². The Hall–Kier alpha value is -1.66. The zero-order chi connectivity index (χ0) is 16.4. The number of rotatable bonds is 4. The third-order valence-corrected chi connectivity index (χ3v) is 4.21. The van der Waals surface area contributed by atoms with Crippen LogP contribution in [-0.4, -0.2) is 17.8 Å². The highest BCUT2D eigenvalue weighted by molar-refractivity contribution is 6.35. The van der Waals surface area contributed by atoms with Crippen LogP contribution in [0.2, 0.25) is 10.0 Å². The molecular formula is C16H13Cl2NO4. The van der Waals surface area contributed by atoms with Crippen LogP contribution in [0.25, 0.3) is 0 Å². The highest BCUT2D eigenvalue weighted by Crippen LogP contribution is 2.31. The zero-order valence-corrected chi connectivity index (χ0v) is 13.5. The van der Waals surface area contributed by atoms with Gasteiger partial charge in [0, 0.05) is 28.6 Å². The van der Waals surface area contributed by atoms with Crippen molar-refractivity contribution in [3.05, 3.63) is 73.8 Å². The summed E-state index contributed by atoms with van der Waals surface area (Å²) in [6.07, 6.45) is -0.139. The number of benzene rings is 2. The normalized spacial score (nSPS) is 20.6. The van der Waals surface area contributed by atoms with Crippen molar-refractivity contribution in [2.45, 2.75) is 18.8 Å². The fourth-order valence-corrected chi connectivity index (χ4v) is 2.90. The average molecular weight is 354 g/mol. The molecule has 1 aliphatic heterocycles. The van der Waals surface area contributed by atoms with E-state index in [1.807, 2.05) is 6.07 Å². The van der Waals surface area contributed by atoms with Gasteiger partial charge in [-0.15, -0.1) is 0 Å². The number of hydrogen-bond donors (Lipinski definition) is 0. The predicted octanol–water partition coefficient (Wildman–Crippen LogP) is 4.56. The average Bonchev–Trinajstić information content (AvgIpc) is 2.99. The lowest BCUT2D eigenvalue weighted by molar-refractivity contribution is -0.384. The Morgan fingerprint density at radius 1 is 1.17 bits per heavy atom. The summed E-state index contributed by atoms with van der Waals surface area (Å²) in [6.45, 7) is 0.397. The van der Waals surface area contributed by atoms with Gasteiger partial charge in [-0.1, -0.05) is 29.3 Å². The molecule has 2 aromatic rings. The molecule has 120 valence electrons. The van der Waals surface area contributed by atoms with Crippen LogP contribution in [0.4, 0.5) is 5.69 Å². The summed E-state index contributed by atoms with van der Waals surface area (Å²) in [4.78, 5) is 10.2. The van der Waals surface area contributed by atoms with E-state index in [1.165, 1.54) is 12.1 Å². The van der Waals surface area contributed by atoms with Gasteiger partial charge in [0.05, 0.1) is 11.5 Å². The van der Waals surface area contributed by atoms with E-state index in [0.717, 1.165) is 11.1 Å². The first kappa shape index (κ1) is 16.2. The van der Waals surface area contributed by atoms with Gasteiger partial charge in [0.1, 0.15) is 6.10 Å². The quantitative estimate of drug-likeness (QED) is 0.597. The molecule has 0 spiro atoms. The molecule has 7 heteroatoms. The molecule has 0 saturated carbocycles. The number of non-ortho nitro benzene ring substituents is 1. The molecule has 2 atom stereocenters. The van der Waals surface area contributed by atoms with Gasteiger partial charge in [-0.05, 0) is 35.4 Å². The lowest BCUT2D eigenvalue weighted by atomic mass is 10.1. The molecule has 3 rings (SSSR count). The van der Waals surface area contributed by atoms with Crippen LogP contribution in [0.1, 0.15) is 17.2 Å². The Balaban J connectivity index is 1.65. The second-order valence-electron chi connectivity index (χ2n) is 5.18. The molecule has 1 aliphatic rings. The van der Waals surface area contributed by atoms with Crippen molar-refractivity contribution < 1.29 is 14.4 Å². The summed E-state index contributed by atoms with van der Waals surface area (Å²) in [5.41, 5.74) is 1.79. The number of nitro benzene ring substituents is 1. The molecule has 2 unspecified atom stereocenters. The van der Waals surface area contributed by atoms with Crippen LogP contribution in [0.15, 0.2) is 42.5 Å². The molecule has 0 bridgehead atoms. The van der Waals surface area contributed by atoms with Gasteiger partial charge in [0.2, 0.25) is 0 Å². The Kier molecular flexibility index (Phi) is 4.82. The highest BCUT2D eigenvalue weighted by atomic mass is 35.5. The molecule has 2 aromatic carbocycles. The molecular weight excluding hydrogens is 341 g/mol. The van der Waals surface area contributed by atoms with Crippen LogP contribution in [0.3, 0.4) is 0 Å². The summed E-state index contributed by atoms with van der Waals surface area (Å²) in [5.74, 6) is 0. The minimum absolute atomic E-state index is 0.0529. The highest BCUT2D eigenvalue weighted by Gasteiger charge is 2.28. The number of ether oxygens (including phenoxy) is 2. The molecule has 1 heterocycles. The molecule has 1 fully saturated rings. The first-order chi connectivity index (χ1) is 11.0. The maximum Gasteiger partial charge on any atom is 0.269 e. The molecule has 0 aromatic heterocycles. The summed E-state index contributed by atoms with van der Waals surface area (Å²) in [7, 11) is 0. The number of halogens is 2. The van der Waals surface area contributed by atoms with Crippen molar-refractivity contribution in [3.63, 3.8) is 0 Å². The predicted molar refractivity (Wildman–Crippen MR) is 86.8 cm³/mol. The lowest BCUT2D eigenvalue weighted by Crippen LogP contribution is -2.12. The minimum Gasteiger partial charge on any atom is -0.349 e. The summed E-state index contributed by atoms with van der Waals surface area (Å²) >= 11 is 12.0. The molecule has 0 amide bonds. The number of nitrogens with zero attached hydrogens (tertiary/aromatic N) is 1. The van der Waals surface area contributed by atoms with Crippen LogP contribution < -0.4 is 0 Å². The Morgan fingerprint density at radius 3 is 2.57 bits per heavy atom. The first-order valence-electron chi connectivity index (χ1n) is 6.98. The lowest BCUT2D eigenvalue weighted by Gasteiger charge is -2.13. The smallest absolute Gasteiger partial charge is 0.269 e. The van der Waals surface area contributed by atoms with Crippen molar-refractivity contribution in [2.24, 2.45) is 0 Å². The second-order valence-corrected chi connectivity index (χ2v) is 6.02. The van der Waals surface area contributed by atoms with Crippen molar-refractivity contribution in [3.8, 4) is 0 Å². The van der Waals surface area contributed by atoms with Crippen molar-refractivity contribution in [2.75, 3.05) is 6.61 Å². The van der Waals surface area contributed by atoms with E-state index >= 15 is 0 Å². The van der Waals surface area contributed by atoms with Crippen LogP contribution in [0, 0.1) is 10.1 Å². The summed E-state index contributed by atoms with van der Waals surface area (Å²) < 4.78 is 11.5. The van der Waals surface area contributed by atoms with Gasteiger partial charge in [0.15, 0.2) is 6.29 Å². The third kappa shape index (κ3) is 3.82. The van der Waals surface area contributed by atoms with E-state index in [9.17, 15) is 10.1 Å². The largest absolute Gasteiger partial charge is 0.349 e. The van der Waals surface area contributed by atoms with E-state index in [4.69, 9.17) is 32.7 Å². The van der Waals surface area contributed by atoms with E-state index in [2.05, 4.69) is 0 Å². The van der Waals surface area contributed by atoms with Gasteiger partial charge in [0.25, 0.3) is 5.69 Å². The maximum atomic E-state index is 10.7. The number of hydrogen-bond acceptors (Lipinski definition) is 4. The third-order valence-electron chi connectivity index (χ3n) is 3.63. The zero-order valence-electron chi connectivity index (χ0n) is 11.9. The fraction of sp³-hybridized carbons (Fsp3) is 0.250.